The van der Waals surface area contributed by atoms with Crippen LogP contribution in [0.5, 0.6) is 0 Å². The molecule has 1 aliphatic rings. The summed E-state index contributed by atoms with van der Waals surface area (Å²) in [4.78, 5) is 9.39. The molecule has 2 aromatic heterocycles. The highest BCUT2D eigenvalue weighted by molar-refractivity contribution is 5.71. The van der Waals surface area contributed by atoms with Gasteiger partial charge in [-0.2, -0.15) is 0 Å². The molecular formula is C19H21N3O. The molecule has 3 aromatic rings. The highest BCUT2D eigenvalue weighted by Crippen LogP contribution is 2.22. The summed E-state index contributed by atoms with van der Waals surface area (Å²) in [7, 11) is 0. The van der Waals surface area contributed by atoms with Crippen molar-refractivity contribution >= 4 is 11.2 Å². The van der Waals surface area contributed by atoms with Gasteiger partial charge in [-0.3, -0.25) is 0 Å². The maximum absolute atomic E-state index is 5.83. The van der Waals surface area contributed by atoms with Crippen LogP contribution in [-0.2, 0) is 17.7 Å². The van der Waals surface area contributed by atoms with Crippen molar-refractivity contribution in [1.29, 1.82) is 0 Å². The van der Waals surface area contributed by atoms with Gasteiger partial charge in [0.1, 0.15) is 11.3 Å². The molecule has 1 aliphatic heterocycles. The molecule has 0 bridgehead atoms. The summed E-state index contributed by atoms with van der Waals surface area (Å²) >= 11 is 0. The number of pyridine rings is 1. The maximum Gasteiger partial charge on any atom is 0.160 e. The predicted molar refractivity (Wildman–Crippen MR) is 90.5 cm³/mol. The lowest BCUT2D eigenvalue weighted by molar-refractivity contribution is 0.0971. The second-order valence-electron chi connectivity index (χ2n) is 6.22. The SMILES string of the molecule is Cc1ccccc1Cc1nc2cccnc2n1CC1CCCO1. The molecule has 4 heteroatoms. The third-order valence-corrected chi connectivity index (χ3v) is 4.60. The summed E-state index contributed by atoms with van der Waals surface area (Å²) in [6.45, 7) is 3.87. The standard InChI is InChI=1S/C19H21N3O/c1-14-6-2-3-7-15(14)12-18-21-17-9-4-10-20-19(17)22(18)13-16-8-5-11-23-16/h2-4,6-7,9-10,16H,5,8,11-13H2,1H3. The van der Waals surface area contributed by atoms with Gasteiger partial charge in [-0.05, 0) is 43.0 Å². The van der Waals surface area contributed by atoms with E-state index in [0.29, 0.717) is 0 Å². The smallest absolute Gasteiger partial charge is 0.160 e. The van der Waals surface area contributed by atoms with Crippen molar-refractivity contribution in [1.82, 2.24) is 14.5 Å². The molecule has 1 fully saturated rings. The monoisotopic (exact) mass is 307 g/mol. The lowest BCUT2D eigenvalue weighted by Gasteiger charge is -2.14. The number of aryl methyl sites for hydroxylation is 1. The minimum absolute atomic E-state index is 0.282. The molecule has 0 aliphatic carbocycles. The van der Waals surface area contributed by atoms with Crippen LogP contribution in [0.25, 0.3) is 11.2 Å². The second-order valence-corrected chi connectivity index (χ2v) is 6.22. The van der Waals surface area contributed by atoms with Gasteiger partial charge in [0.15, 0.2) is 5.65 Å². The fourth-order valence-corrected chi connectivity index (χ4v) is 3.30. The van der Waals surface area contributed by atoms with Crippen LogP contribution in [0.1, 0.15) is 29.8 Å². The van der Waals surface area contributed by atoms with Crippen LogP contribution in [-0.4, -0.2) is 27.2 Å². The van der Waals surface area contributed by atoms with Crippen molar-refractivity contribution in [3.8, 4) is 0 Å². The normalized spacial score (nSPS) is 17.9. The number of nitrogens with zero attached hydrogens (tertiary/aromatic N) is 3. The number of hydrogen-bond acceptors (Lipinski definition) is 3. The van der Waals surface area contributed by atoms with Gasteiger partial charge in [0.2, 0.25) is 0 Å². The average molecular weight is 307 g/mol. The van der Waals surface area contributed by atoms with Crippen molar-refractivity contribution in [2.75, 3.05) is 6.61 Å². The predicted octanol–water partition coefficient (Wildman–Crippen LogP) is 3.51. The zero-order valence-electron chi connectivity index (χ0n) is 13.4. The molecule has 1 saturated heterocycles. The Morgan fingerprint density at radius 3 is 2.96 bits per heavy atom. The average Bonchev–Trinajstić information content (AvgIpc) is 3.19. The maximum atomic E-state index is 5.83. The van der Waals surface area contributed by atoms with E-state index in [1.54, 1.807) is 0 Å². The number of benzene rings is 1. The fraction of sp³-hybridized carbons (Fsp3) is 0.368. The summed E-state index contributed by atoms with van der Waals surface area (Å²) in [5, 5.41) is 0. The summed E-state index contributed by atoms with van der Waals surface area (Å²) in [6, 6.07) is 12.5. The van der Waals surface area contributed by atoms with Gasteiger partial charge < -0.3 is 9.30 Å². The number of rotatable bonds is 4. The van der Waals surface area contributed by atoms with Crippen molar-refractivity contribution in [2.45, 2.75) is 38.8 Å². The molecule has 0 N–H and O–H groups in total. The van der Waals surface area contributed by atoms with Gasteiger partial charge in [-0.25, -0.2) is 9.97 Å². The summed E-state index contributed by atoms with van der Waals surface area (Å²) in [5.41, 5.74) is 4.55. The molecule has 1 aromatic carbocycles. The van der Waals surface area contributed by atoms with E-state index in [1.807, 2.05) is 18.3 Å². The van der Waals surface area contributed by atoms with Gasteiger partial charge in [-0.1, -0.05) is 24.3 Å². The Balaban J connectivity index is 1.73. The zero-order valence-corrected chi connectivity index (χ0v) is 13.4. The molecule has 3 heterocycles. The number of fused-ring (bicyclic) bond motifs is 1. The fourth-order valence-electron chi connectivity index (χ4n) is 3.30. The summed E-state index contributed by atoms with van der Waals surface area (Å²) in [6.07, 6.45) is 5.22. The van der Waals surface area contributed by atoms with Crippen LogP contribution in [0.3, 0.4) is 0 Å². The number of hydrogen-bond donors (Lipinski definition) is 0. The second kappa shape index (κ2) is 6.13. The third-order valence-electron chi connectivity index (χ3n) is 4.60. The first-order valence-corrected chi connectivity index (χ1v) is 8.27. The van der Waals surface area contributed by atoms with Crippen molar-refractivity contribution in [3.05, 3.63) is 59.5 Å². The van der Waals surface area contributed by atoms with Crippen molar-refractivity contribution in [2.24, 2.45) is 0 Å². The Hall–Kier alpha value is -2.20. The molecule has 1 unspecified atom stereocenters. The van der Waals surface area contributed by atoms with E-state index >= 15 is 0 Å². The summed E-state index contributed by atoms with van der Waals surface area (Å²) < 4.78 is 8.08. The minimum Gasteiger partial charge on any atom is -0.376 e. The van der Waals surface area contributed by atoms with E-state index in [0.717, 1.165) is 49.4 Å². The van der Waals surface area contributed by atoms with E-state index in [9.17, 15) is 0 Å². The van der Waals surface area contributed by atoms with Gasteiger partial charge in [0.25, 0.3) is 0 Å². The van der Waals surface area contributed by atoms with Gasteiger partial charge >= 0.3 is 0 Å². The molecule has 0 saturated carbocycles. The van der Waals surface area contributed by atoms with Crippen LogP contribution in [0.2, 0.25) is 0 Å². The first-order chi connectivity index (χ1) is 11.3. The largest absolute Gasteiger partial charge is 0.376 e. The van der Waals surface area contributed by atoms with E-state index in [1.165, 1.54) is 11.1 Å². The molecule has 23 heavy (non-hydrogen) atoms. The lowest BCUT2D eigenvalue weighted by atomic mass is 10.1. The zero-order chi connectivity index (χ0) is 15.6. The van der Waals surface area contributed by atoms with Crippen LogP contribution in [0, 0.1) is 6.92 Å². The number of imidazole rings is 1. The number of aromatic nitrogens is 3. The van der Waals surface area contributed by atoms with Gasteiger partial charge in [0, 0.05) is 19.2 Å². The Morgan fingerprint density at radius 1 is 1.22 bits per heavy atom. The van der Waals surface area contributed by atoms with Crippen LogP contribution < -0.4 is 0 Å². The molecule has 4 nitrogen and oxygen atoms in total. The van der Waals surface area contributed by atoms with Crippen LogP contribution >= 0.6 is 0 Å². The topological polar surface area (TPSA) is 39.9 Å². The van der Waals surface area contributed by atoms with Crippen LogP contribution in [0.4, 0.5) is 0 Å². The highest BCUT2D eigenvalue weighted by atomic mass is 16.5. The van der Waals surface area contributed by atoms with Crippen molar-refractivity contribution < 1.29 is 4.74 Å². The van der Waals surface area contributed by atoms with E-state index in [2.05, 4.69) is 40.7 Å². The summed E-state index contributed by atoms with van der Waals surface area (Å²) in [5.74, 6) is 1.07. The third kappa shape index (κ3) is 2.86. The van der Waals surface area contributed by atoms with Gasteiger partial charge in [-0.15, -0.1) is 0 Å². The molecule has 118 valence electrons. The quantitative estimate of drug-likeness (QED) is 0.740. The van der Waals surface area contributed by atoms with Crippen LogP contribution in [0.15, 0.2) is 42.6 Å². The molecule has 0 radical (unpaired) electrons. The molecule has 4 rings (SSSR count). The Bertz CT molecular complexity index is 818. The molecule has 0 spiro atoms. The van der Waals surface area contributed by atoms with E-state index < -0.39 is 0 Å². The lowest BCUT2D eigenvalue weighted by Crippen LogP contribution is -2.17. The Morgan fingerprint density at radius 2 is 2.13 bits per heavy atom. The minimum atomic E-state index is 0.282. The van der Waals surface area contributed by atoms with E-state index in [-0.39, 0.29) is 6.10 Å². The molecule has 0 amide bonds. The van der Waals surface area contributed by atoms with Crippen molar-refractivity contribution in [3.63, 3.8) is 0 Å². The number of ether oxygens (including phenoxy) is 1. The Labute approximate surface area is 136 Å². The highest BCUT2D eigenvalue weighted by Gasteiger charge is 2.20. The van der Waals surface area contributed by atoms with Gasteiger partial charge in [0.05, 0.1) is 12.6 Å². The molecular weight excluding hydrogens is 286 g/mol. The first kappa shape index (κ1) is 14.4. The van der Waals surface area contributed by atoms with E-state index in [4.69, 9.17) is 9.72 Å². The Kier molecular flexibility index (Phi) is 3.83. The first-order valence-electron chi connectivity index (χ1n) is 8.27. The molecule has 1 atom stereocenters.